The molecule has 0 fully saturated rings. The summed E-state index contributed by atoms with van der Waals surface area (Å²) in [5, 5.41) is 3.57. The van der Waals surface area contributed by atoms with Gasteiger partial charge in [0.15, 0.2) is 0 Å². The Bertz CT molecular complexity index is 366. The van der Waals surface area contributed by atoms with Crippen LogP contribution in [0, 0.1) is 5.92 Å². The van der Waals surface area contributed by atoms with Crippen molar-refractivity contribution in [3.63, 3.8) is 0 Å². The zero-order valence-corrected chi connectivity index (χ0v) is 10.9. The summed E-state index contributed by atoms with van der Waals surface area (Å²) >= 11 is 0. The topological polar surface area (TPSA) is 12.0 Å². The van der Waals surface area contributed by atoms with Crippen LogP contribution in [-0.4, -0.2) is 6.54 Å². The number of hydrogen-bond acceptors (Lipinski definition) is 1. The molecule has 1 atom stereocenters. The van der Waals surface area contributed by atoms with Gasteiger partial charge in [0, 0.05) is 13.1 Å². The normalized spacial score (nSPS) is 20.2. The Labute approximate surface area is 99.3 Å². The van der Waals surface area contributed by atoms with Crippen molar-refractivity contribution in [3.05, 3.63) is 34.9 Å². The monoisotopic (exact) mass is 217 g/mol. The molecule has 0 spiro atoms. The van der Waals surface area contributed by atoms with E-state index in [-0.39, 0.29) is 0 Å². The molecule has 0 bridgehead atoms. The van der Waals surface area contributed by atoms with Crippen molar-refractivity contribution in [1.82, 2.24) is 5.32 Å². The van der Waals surface area contributed by atoms with Gasteiger partial charge in [0.1, 0.15) is 0 Å². The van der Waals surface area contributed by atoms with Crippen molar-refractivity contribution >= 4 is 0 Å². The second kappa shape index (κ2) is 4.58. The Kier molecular flexibility index (Phi) is 3.34. The maximum atomic E-state index is 3.57. The van der Waals surface area contributed by atoms with E-state index >= 15 is 0 Å². The highest BCUT2D eigenvalue weighted by Gasteiger charge is 2.24. The fourth-order valence-electron chi connectivity index (χ4n) is 2.77. The maximum absolute atomic E-state index is 3.57. The molecule has 1 nitrogen and oxygen atoms in total. The number of fused-ring (bicyclic) bond motifs is 1. The van der Waals surface area contributed by atoms with E-state index in [0.29, 0.717) is 17.8 Å². The van der Waals surface area contributed by atoms with Crippen molar-refractivity contribution in [1.29, 1.82) is 0 Å². The summed E-state index contributed by atoms with van der Waals surface area (Å²) in [6.45, 7) is 11.4. The molecular formula is C15H23N. The molecule has 0 aromatic heterocycles. The highest BCUT2D eigenvalue weighted by molar-refractivity contribution is 5.41. The van der Waals surface area contributed by atoms with Gasteiger partial charge in [0.05, 0.1) is 0 Å². The van der Waals surface area contributed by atoms with Crippen molar-refractivity contribution < 1.29 is 0 Å². The molecular weight excluding hydrogens is 194 g/mol. The molecule has 88 valence electrons. The zero-order valence-electron chi connectivity index (χ0n) is 10.9. The van der Waals surface area contributed by atoms with Crippen molar-refractivity contribution in [3.8, 4) is 0 Å². The predicted molar refractivity (Wildman–Crippen MR) is 69.8 cm³/mol. The summed E-state index contributed by atoms with van der Waals surface area (Å²) in [4.78, 5) is 0. The lowest BCUT2D eigenvalue weighted by Gasteiger charge is -2.31. The van der Waals surface area contributed by atoms with E-state index in [0.717, 1.165) is 13.1 Å². The smallest absolute Gasteiger partial charge is 0.0211 e. The van der Waals surface area contributed by atoms with Gasteiger partial charge in [-0.3, -0.25) is 0 Å². The molecule has 2 rings (SSSR count). The van der Waals surface area contributed by atoms with Gasteiger partial charge in [-0.15, -0.1) is 0 Å². The van der Waals surface area contributed by atoms with Crippen LogP contribution >= 0.6 is 0 Å². The van der Waals surface area contributed by atoms with Gasteiger partial charge in [-0.2, -0.15) is 0 Å². The van der Waals surface area contributed by atoms with Crippen LogP contribution in [0.25, 0.3) is 0 Å². The first-order chi connectivity index (χ1) is 7.61. The molecule has 16 heavy (non-hydrogen) atoms. The molecule has 1 heteroatoms. The number of rotatable bonds is 2. The molecule has 1 aromatic rings. The van der Waals surface area contributed by atoms with Crippen molar-refractivity contribution in [2.45, 2.75) is 46.1 Å². The average Bonchev–Trinajstić information content (AvgIpc) is 2.27. The van der Waals surface area contributed by atoms with E-state index in [1.807, 2.05) is 0 Å². The third kappa shape index (κ3) is 2.01. The van der Waals surface area contributed by atoms with Crippen LogP contribution in [0.5, 0.6) is 0 Å². The SMILES string of the molecule is CC(C)c1cccc2c1CNCC2C(C)C. The summed E-state index contributed by atoms with van der Waals surface area (Å²) in [6.07, 6.45) is 0. The Hall–Kier alpha value is -0.820. The van der Waals surface area contributed by atoms with E-state index in [1.165, 1.54) is 5.56 Å². The second-order valence-electron chi connectivity index (χ2n) is 5.55. The Balaban J connectivity index is 2.46. The molecule has 0 radical (unpaired) electrons. The molecule has 1 aliphatic rings. The lowest BCUT2D eigenvalue weighted by atomic mass is 9.80. The first-order valence-corrected chi connectivity index (χ1v) is 6.43. The average molecular weight is 217 g/mol. The van der Waals surface area contributed by atoms with Crippen LogP contribution in [-0.2, 0) is 6.54 Å². The first-order valence-electron chi connectivity index (χ1n) is 6.43. The summed E-state index contributed by atoms with van der Waals surface area (Å²) in [7, 11) is 0. The van der Waals surface area contributed by atoms with Crippen molar-refractivity contribution in [2.24, 2.45) is 5.92 Å². The molecule has 0 saturated carbocycles. The predicted octanol–water partition coefficient (Wildman–Crippen LogP) is 3.65. The van der Waals surface area contributed by atoms with Gasteiger partial charge in [-0.25, -0.2) is 0 Å². The second-order valence-corrected chi connectivity index (χ2v) is 5.55. The van der Waals surface area contributed by atoms with E-state index in [1.54, 1.807) is 11.1 Å². The van der Waals surface area contributed by atoms with E-state index < -0.39 is 0 Å². The van der Waals surface area contributed by atoms with Gasteiger partial charge < -0.3 is 5.32 Å². The summed E-state index contributed by atoms with van der Waals surface area (Å²) in [5.41, 5.74) is 4.66. The number of hydrogen-bond donors (Lipinski definition) is 1. The number of benzene rings is 1. The Morgan fingerprint density at radius 1 is 1.19 bits per heavy atom. The largest absolute Gasteiger partial charge is 0.312 e. The van der Waals surface area contributed by atoms with Crippen LogP contribution in [0.15, 0.2) is 18.2 Å². The van der Waals surface area contributed by atoms with Crippen LogP contribution in [0.1, 0.15) is 56.2 Å². The summed E-state index contributed by atoms with van der Waals surface area (Å²) in [5.74, 6) is 2.03. The molecule has 0 aliphatic carbocycles. The molecule has 0 amide bonds. The summed E-state index contributed by atoms with van der Waals surface area (Å²) < 4.78 is 0. The van der Waals surface area contributed by atoms with Crippen LogP contribution < -0.4 is 5.32 Å². The molecule has 1 N–H and O–H groups in total. The fraction of sp³-hybridized carbons (Fsp3) is 0.600. The van der Waals surface area contributed by atoms with Gasteiger partial charge in [0.2, 0.25) is 0 Å². The quantitative estimate of drug-likeness (QED) is 0.797. The van der Waals surface area contributed by atoms with Gasteiger partial charge in [-0.1, -0.05) is 45.9 Å². The Morgan fingerprint density at radius 3 is 2.56 bits per heavy atom. The standard InChI is InChI=1S/C15H23N/c1-10(2)12-6-5-7-13-14(11(3)4)8-16-9-15(12)13/h5-7,10-11,14,16H,8-9H2,1-4H3. The van der Waals surface area contributed by atoms with Crippen LogP contribution in [0.4, 0.5) is 0 Å². The van der Waals surface area contributed by atoms with E-state index in [4.69, 9.17) is 0 Å². The van der Waals surface area contributed by atoms with Gasteiger partial charge in [-0.05, 0) is 34.4 Å². The minimum Gasteiger partial charge on any atom is -0.312 e. The summed E-state index contributed by atoms with van der Waals surface area (Å²) in [6, 6.07) is 6.84. The lowest BCUT2D eigenvalue weighted by molar-refractivity contribution is 0.434. The van der Waals surface area contributed by atoms with Crippen LogP contribution in [0.2, 0.25) is 0 Å². The molecule has 1 unspecified atom stereocenters. The first kappa shape index (κ1) is 11.7. The van der Waals surface area contributed by atoms with Gasteiger partial charge in [0.25, 0.3) is 0 Å². The third-order valence-corrected chi connectivity index (χ3v) is 3.74. The zero-order chi connectivity index (χ0) is 11.7. The fourth-order valence-corrected chi connectivity index (χ4v) is 2.77. The van der Waals surface area contributed by atoms with E-state index in [9.17, 15) is 0 Å². The maximum Gasteiger partial charge on any atom is 0.0211 e. The van der Waals surface area contributed by atoms with Crippen molar-refractivity contribution in [2.75, 3.05) is 6.54 Å². The molecule has 1 heterocycles. The Morgan fingerprint density at radius 2 is 1.94 bits per heavy atom. The lowest BCUT2D eigenvalue weighted by Crippen LogP contribution is -2.31. The minimum atomic E-state index is 0.627. The molecule has 1 aliphatic heterocycles. The third-order valence-electron chi connectivity index (χ3n) is 3.74. The van der Waals surface area contributed by atoms with E-state index in [2.05, 4.69) is 51.2 Å². The molecule has 0 saturated heterocycles. The minimum absolute atomic E-state index is 0.627. The van der Waals surface area contributed by atoms with Gasteiger partial charge >= 0.3 is 0 Å². The highest BCUT2D eigenvalue weighted by Crippen LogP contribution is 2.33. The number of nitrogens with one attached hydrogen (secondary N) is 1. The highest BCUT2D eigenvalue weighted by atomic mass is 14.9. The molecule has 1 aromatic carbocycles. The van der Waals surface area contributed by atoms with Crippen LogP contribution in [0.3, 0.4) is 0 Å².